The maximum atomic E-state index is 11.7. The highest BCUT2D eigenvalue weighted by Crippen LogP contribution is 2.47. The van der Waals surface area contributed by atoms with E-state index in [1.807, 2.05) is 0 Å². The first-order valence-electron chi connectivity index (χ1n) is 6.78. The third-order valence-electron chi connectivity index (χ3n) is 4.32. The summed E-state index contributed by atoms with van der Waals surface area (Å²) in [5.74, 6) is 2.49. The Morgan fingerprint density at radius 3 is 2.59 bits per heavy atom. The molecule has 0 heterocycles. The van der Waals surface area contributed by atoms with E-state index in [-0.39, 0.29) is 5.75 Å². The first-order valence-corrected chi connectivity index (χ1v) is 8.43. The maximum absolute atomic E-state index is 11.7. The summed E-state index contributed by atoms with van der Waals surface area (Å²) in [5.41, 5.74) is 5.36. The van der Waals surface area contributed by atoms with E-state index in [2.05, 4.69) is 4.72 Å². The van der Waals surface area contributed by atoms with Gasteiger partial charge in [-0.05, 0) is 56.4 Å². The molecule has 0 radical (unpaired) electrons. The molecule has 2 fully saturated rings. The van der Waals surface area contributed by atoms with Crippen molar-refractivity contribution in [2.24, 2.45) is 23.5 Å². The minimum absolute atomic E-state index is 0.227. The van der Waals surface area contributed by atoms with Crippen LogP contribution in [0.5, 0.6) is 0 Å². The Kier molecular flexibility index (Phi) is 4.44. The Balaban J connectivity index is 1.70. The van der Waals surface area contributed by atoms with Crippen LogP contribution < -0.4 is 10.5 Å². The molecule has 0 aliphatic heterocycles. The van der Waals surface area contributed by atoms with E-state index in [1.54, 1.807) is 0 Å². The summed E-state index contributed by atoms with van der Waals surface area (Å²) in [4.78, 5) is 0. The van der Waals surface area contributed by atoms with Gasteiger partial charge in [0.05, 0.1) is 5.75 Å². The number of nitrogens with one attached hydrogen (secondary N) is 1. The highest BCUT2D eigenvalue weighted by Gasteiger charge is 2.39. The molecule has 17 heavy (non-hydrogen) atoms. The molecule has 0 aromatic carbocycles. The number of rotatable bonds is 7. The molecule has 3 N–H and O–H groups in total. The van der Waals surface area contributed by atoms with Crippen molar-refractivity contribution in [3.63, 3.8) is 0 Å². The quantitative estimate of drug-likeness (QED) is 0.673. The van der Waals surface area contributed by atoms with Crippen LogP contribution >= 0.6 is 0 Å². The second-order valence-electron chi connectivity index (χ2n) is 5.60. The lowest BCUT2D eigenvalue weighted by molar-refractivity contribution is 0.332. The zero-order valence-electron chi connectivity index (χ0n) is 10.4. The smallest absolute Gasteiger partial charge is 0.211 e. The molecule has 2 aliphatic carbocycles. The largest absolute Gasteiger partial charge is 0.330 e. The predicted octanol–water partition coefficient (Wildman–Crippen LogP) is 1.08. The monoisotopic (exact) mass is 260 g/mol. The van der Waals surface area contributed by atoms with Gasteiger partial charge in [0.2, 0.25) is 10.0 Å². The lowest BCUT2D eigenvalue weighted by atomic mass is 9.89. The third-order valence-corrected chi connectivity index (χ3v) is 5.75. The average Bonchev–Trinajstić information content (AvgIpc) is 2.88. The van der Waals surface area contributed by atoms with Gasteiger partial charge in [0.25, 0.3) is 0 Å². The minimum Gasteiger partial charge on any atom is -0.330 e. The second kappa shape index (κ2) is 5.67. The molecule has 0 amide bonds. The Labute approximate surface area is 104 Å². The lowest BCUT2D eigenvalue weighted by Gasteiger charge is -2.21. The number of hydrogen-bond donors (Lipinski definition) is 2. The predicted molar refractivity (Wildman–Crippen MR) is 69.0 cm³/mol. The van der Waals surface area contributed by atoms with Crippen molar-refractivity contribution in [3.8, 4) is 0 Å². The van der Waals surface area contributed by atoms with E-state index in [9.17, 15) is 8.42 Å². The fourth-order valence-electron chi connectivity index (χ4n) is 3.37. The molecular formula is C12H24N2O2S. The fraction of sp³-hybridized carbons (Fsp3) is 1.00. The molecule has 2 saturated carbocycles. The van der Waals surface area contributed by atoms with E-state index in [0.29, 0.717) is 25.4 Å². The molecule has 0 spiro atoms. The van der Waals surface area contributed by atoms with Gasteiger partial charge in [0.15, 0.2) is 0 Å². The van der Waals surface area contributed by atoms with Crippen LogP contribution in [0.25, 0.3) is 0 Å². The van der Waals surface area contributed by atoms with E-state index in [4.69, 9.17) is 5.73 Å². The molecule has 5 heteroatoms. The summed E-state index contributed by atoms with van der Waals surface area (Å²) in [6.07, 6.45) is 6.70. The highest BCUT2D eigenvalue weighted by atomic mass is 32.2. The van der Waals surface area contributed by atoms with Gasteiger partial charge < -0.3 is 5.73 Å². The van der Waals surface area contributed by atoms with Gasteiger partial charge in [0.1, 0.15) is 0 Å². The summed E-state index contributed by atoms with van der Waals surface area (Å²) in [7, 11) is -3.06. The van der Waals surface area contributed by atoms with Gasteiger partial charge in [-0.2, -0.15) is 0 Å². The number of hydrogen-bond acceptors (Lipinski definition) is 3. The molecule has 0 saturated heterocycles. The van der Waals surface area contributed by atoms with Gasteiger partial charge in [-0.25, -0.2) is 13.1 Å². The van der Waals surface area contributed by atoms with E-state index in [1.165, 1.54) is 25.7 Å². The molecule has 2 aliphatic rings. The molecule has 2 bridgehead atoms. The van der Waals surface area contributed by atoms with E-state index in [0.717, 1.165) is 18.3 Å². The van der Waals surface area contributed by atoms with Crippen LogP contribution in [0, 0.1) is 17.8 Å². The maximum Gasteiger partial charge on any atom is 0.211 e. The van der Waals surface area contributed by atoms with Gasteiger partial charge in [0, 0.05) is 6.54 Å². The molecule has 2 rings (SSSR count). The van der Waals surface area contributed by atoms with Crippen LogP contribution in [0.3, 0.4) is 0 Å². The van der Waals surface area contributed by atoms with Crippen LogP contribution in [0.15, 0.2) is 0 Å². The molecule has 3 unspecified atom stereocenters. The first-order chi connectivity index (χ1) is 8.11. The summed E-state index contributed by atoms with van der Waals surface area (Å²) >= 11 is 0. The average molecular weight is 260 g/mol. The Hall–Kier alpha value is -0.130. The van der Waals surface area contributed by atoms with Crippen molar-refractivity contribution < 1.29 is 8.42 Å². The zero-order valence-corrected chi connectivity index (χ0v) is 11.2. The van der Waals surface area contributed by atoms with Crippen LogP contribution in [-0.2, 0) is 10.0 Å². The Bertz CT molecular complexity index is 342. The van der Waals surface area contributed by atoms with E-state index >= 15 is 0 Å². The van der Waals surface area contributed by atoms with Crippen molar-refractivity contribution >= 4 is 10.0 Å². The van der Waals surface area contributed by atoms with Gasteiger partial charge >= 0.3 is 0 Å². The SMILES string of the molecule is NCCCCS(=O)(=O)NCC1CC2CCC1C2. The molecular weight excluding hydrogens is 236 g/mol. The molecule has 0 aromatic heterocycles. The molecule has 0 aromatic rings. The fourth-order valence-corrected chi connectivity index (χ4v) is 4.57. The van der Waals surface area contributed by atoms with Crippen LogP contribution in [0.1, 0.15) is 38.5 Å². The van der Waals surface area contributed by atoms with Gasteiger partial charge in [-0.1, -0.05) is 6.42 Å². The molecule has 100 valence electrons. The number of unbranched alkanes of at least 4 members (excludes halogenated alkanes) is 1. The summed E-state index contributed by atoms with van der Waals surface area (Å²) < 4.78 is 26.2. The van der Waals surface area contributed by atoms with Gasteiger partial charge in [-0.3, -0.25) is 0 Å². The van der Waals surface area contributed by atoms with Crippen LogP contribution in [0.2, 0.25) is 0 Å². The summed E-state index contributed by atoms with van der Waals surface area (Å²) in [6.45, 7) is 1.23. The normalized spacial score (nSPS) is 32.2. The lowest BCUT2D eigenvalue weighted by Crippen LogP contribution is -2.33. The van der Waals surface area contributed by atoms with E-state index < -0.39 is 10.0 Å². The number of sulfonamides is 1. The minimum atomic E-state index is -3.06. The van der Waals surface area contributed by atoms with Crippen molar-refractivity contribution in [3.05, 3.63) is 0 Å². The first kappa shape index (κ1) is 13.3. The molecule has 3 atom stereocenters. The summed E-state index contributed by atoms with van der Waals surface area (Å²) in [5, 5.41) is 0. The number of fused-ring (bicyclic) bond motifs is 2. The van der Waals surface area contributed by atoms with Crippen molar-refractivity contribution in [1.82, 2.24) is 4.72 Å². The third kappa shape index (κ3) is 3.66. The van der Waals surface area contributed by atoms with Crippen molar-refractivity contribution in [2.45, 2.75) is 38.5 Å². The van der Waals surface area contributed by atoms with Crippen molar-refractivity contribution in [2.75, 3.05) is 18.8 Å². The Morgan fingerprint density at radius 1 is 1.18 bits per heavy atom. The number of nitrogens with two attached hydrogens (primary N) is 1. The topological polar surface area (TPSA) is 72.2 Å². The van der Waals surface area contributed by atoms with Crippen LogP contribution in [0.4, 0.5) is 0 Å². The molecule has 4 nitrogen and oxygen atoms in total. The zero-order chi connectivity index (χ0) is 12.3. The highest BCUT2D eigenvalue weighted by molar-refractivity contribution is 7.89. The van der Waals surface area contributed by atoms with Gasteiger partial charge in [-0.15, -0.1) is 0 Å². The standard InChI is InChI=1S/C12H24N2O2S/c13-5-1-2-6-17(15,16)14-9-12-8-10-3-4-11(12)7-10/h10-12,14H,1-9,13H2. The Morgan fingerprint density at radius 2 is 2.00 bits per heavy atom. The van der Waals surface area contributed by atoms with Crippen molar-refractivity contribution in [1.29, 1.82) is 0 Å². The summed E-state index contributed by atoms with van der Waals surface area (Å²) in [6, 6.07) is 0. The van der Waals surface area contributed by atoms with Crippen LogP contribution in [-0.4, -0.2) is 27.3 Å². The second-order valence-corrected chi connectivity index (χ2v) is 7.52.